The van der Waals surface area contributed by atoms with Crippen molar-refractivity contribution in [2.75, 3.05) is 17.7 Å². The quantitative estimate of drug-likeness (QED) is 0.704. The zero-order chi connectivity index (χ0) is 13.4. The molecule has 0 fully saturated rings. The fraction of sp³-hybridized carbons (Fsp3) is 0.583. The highest BCUT2D eigenvalue weighted by Gasteiger charge is 2.12. The van der Waals surface area contributed by atoms with E-state index in [1.807, 2.05) is 27.7 Å². The Labute approximate surface area is 104 Å². The predicted octanol–water partition coefficient (Wildman–Crippen LogP) is 2.75. The molecule has 0 bridgehead atoms. The van der Waals surface area contributed by atoms with E-state index in [9.17, 15) is 0 Å². The normalized spacial score (nSPS) is 9.35. The minimum absolute atomic E-state index is 0.280. The third-order valence-corrected chi connectivity index (χ3v) is 1.88. The fourth-order valence-corrected chi connectivity index (χ4v) is 1.31. The van der Waals surface area contributed by atoms with Gasteiger partial charge in [-0.15, -0.1) is 0 Å². The van der Waals surface area contributed by atoms with Crippen LogP contribution in [0.15, 0.2) is 6.33 Å². The van der Waals surface area contributed by atoms with Gasteiger partial charge < -0.3 is 16.0 Å². The maximum absolute atomic E-state index is 7.70. The Morgan fingerprint density at radius 1 is 1.24 bits per heavy atom. The van der Waals surface area contributed by atoms with Crippen molar-refractivity contribution >= 4 is 17.3 Å². The molecule has 0 atom stereocenters. The Kier molecular flexibility index (Phi) is 6.86. The lowest BCUT2D eigenvalue weighted by atomic mass is 10.2. The lowest BCUT2D eigenvalue weighted by Crippen LogP contribution is -2.16. The Morgan fingerprint density at radius 3 is 2.18 bits per heavy atom. The van der Waals surface area contributed by atoms with E-state index in [2.05, 4.69) is 20.6 Å². The van der Waals surface area contributed by atoms with Crippen molar-refractivity contribution in [2.45, 2.75) is 40.7 Å². The molecule has 0 saturated carbocycles. The van der Waals surface area contributed by atoms with E-state index in [0.717, 1.165) is 5.56 Å². The third-order valence-electron chi connectivity index (χ3n) is 1.88. The van der Waals surface area contributed by atoms with Gasteiger partial charge in [0.2, 0.25) is 0 Å². The third kappa shape index (κ3) is 4.38. The maximum Gasteiger partial charge on any atom is 0.140 e. The van der Waals surface area contributed by atoms with E-state index in [-0.39, 0.29) is 6.04 Å². The monoisotopic (exact) mass is 237 g/mol. The van der Waals surface area contributed by atoms with Crippen molar-refractivity contribution < 1.29 is 0 Å². The summed E-state index contributed by atoms with van der Waals surface area (Å²) in [6, 6.07) is 0.280. The smallest absolute Gasteiger partial charge is 0.140 e. The summed E-state index contributed by atoms with van der Waals surface area (Å²) in [5.41, 5.74) is 1.18. The highest BCUT2D eigenvalue weighted by Crippen LogP contribution is 2.20. The highest BCUT2D eigenvalue weighted by molar-refractivity contribution is 6.04. The Morgan fingerprint density at radius 2 is 1.76 bits per heavy atom. The van der Waals surface area contributed by atoms with E-state index in [1.54, 1.807) is 14.0 Å². The van der Waals surface area contributed by atoms with Crippen LogP contribution in [0.2, 0.25) is 0 Å². The zero-order valence-electron chi connectivity index (χ0n) is 11.5. The molecule has 0 spiro atoms. The molecule has 0 aromatic carbocycles. The number of aromatic nitrogens is 2. The second-order valence-electron chi connectivity index (χ2n) is 3.62. The molecule has 0 amide bonds. The average Bonchev–Trinajstić information content (AvgIpc) is 2.30. The molecule has 0 aliphatic rings. The van der Waals surface area contributed by atoms with Crippen LogP contribution in [0, 0.1) is 5.41 Å². The molecule has 5 heteroatoms. The predicted molar refractivity (Wildman–Crippen MR) is 74.2 cm³/mol. The van der Waals surface area contributed by atoms with Gasteiger partial charge in [-0.3, -0.25) is 0 Å². The van der Waals surface area contributed by atoms with Crippen molar-refractivity contribution in [2.24, 2.45) is 0 Å². The number of anilines is 2. The lowest BCUT2D eigenvalue weighted by Gasteiger charge is -2.15. The van der Waals surface area contributed by atoms with Gasteiger partial charge in [0.15, 0.2) is 0 Å². The van der Waals surface area contributed by atoms with Crippen LogP contribution in [0.5, 0.6) is 0 Å². The minimum atomic E-state index is 0.280. The molecule has 1 heterocycles. The molecule has 3 N–H and O–H groups in total. The molecule has 96 valence electrons. The summed E-state index contributed by atoms with van der Waals surface area (Å²) in [5, 5.41) is 13.9. The number of rotatable bonds is 4. The maximum atomic E-state index is 7.70. The van der Waals surface area contributed by atoms with Gasteiger partial charge in [-0.25, -0.2) is 9.97 Å². The SMILES string of the molecule is CC.CNc1ncnc(NC(C)C)c1C(C)=N. The lowest BCUT2D eigenvalue weighted by molar-refractivity contribution is 0.885. The molecule has 17 heavy (non-hydrogen) atoms. The summed E-state index contributed by atoms with van der Waals surface area (Å²) in [6.45, 7) is 9.79. The molecule has 1 aromatic heterocycles. The molecule has 0 radical (unpaired) electrons. The molecule has 1 aromatic rings. The van der Waals surface area contributed by atoms with Crippen molar-refractivity contribution in [3.05, 3.63) is 11.9 Å². The average molecular weight is 237 g/mol. The number of nitrogens with one attached hydrogen (secondary N) is 3. The van der Waals surface area contributed by atoms with Crippen molar-refractivity contribution in [3.8, 4) is 0 Å². The number of hydrogen-bond acceptors (Lipinski definition) is 5. The van der Waals surface area contributed by atoms with Crippen LogP contribution >= 0.6 is 0 Å². The van der Waals surface area contributed by atoms with Gasteiger partial charge in [0.05, 0.1) is 5.56 Å². The largest absolute Gasteiger partial charge is 0.372 e. The standard InChI is InChI=1S/C10H17N5.C2H6/c1-6(2)15-10-8(7(3)11)9(12-4)13-5-14-10;1-2/h5-6,11H,1-4H3,(H2,12,13,14,15);1-2H3. The molecule has 0 saturated heterocycles. The van der Waals surface area contributed by atoms with E-state index in [1.165, 1.54) is 6.33 Å². The highest BCUT2D eigenvalue weighted by atomic mass is 15.1. The first-order chi connectivity index (χ1) is 8.06. The van der Waals surface area contributed by atoms with Gasteiger partial charge in [0.1, 0.15) is 18.0 Å². The topological polar surface area (TPSA) is 73.7 Å². The molecular formula is C12H23N5. The summed E-state index contributed by atoms with van der Waals surface area (Å²) in [7, 11) is 1.79. The molecule has 1 rings (SSSR count). The summed E-state index contributed by atoms with van der Waals surface area (Å²) >= 11 is 0. The van der Waals surface area contributed by atoms with Crippen molar-refractivity contribution in [1.29, 1.82) is 5.41 Å². The summed E-state index contributed by atoms with van der Waals surface area (Å²) in [6.07, 6.45) is 1.49. The number of nitrogens with zero attached hydrogens (tertiary/aromatic N) is 2. The second kappa shape index (κ2) is 7.60. The molecule has 5 nitrogen and oxygen atoms in total. The minimum Gasteiger partial charge on any atom is -0.372 e. The summed E-state index contributed by atoms with van der Waals surface area (Å²) in [4.78, 5) is 8.23. The first-order valence-corrected chi connectivity index (χ1v) is 5.91. The zero-order valence-corrected chi connectivity index (χ0v) is 11.5. The Balaban J connectivity index is 0.00000121. The first-order valence-electron chi connectivity index (χ1n) is 5.91. The van der Waals surface area contributed by atoms with E-state index >= 15 is 0 Å². The Bertz CT molecular complexity index is 360. The Hall–Kier alpha value is -1.65. The van der Waals surface area contributed by atoms with Gasteiger partial charge in [0.25, 0.3) is 0 Å². The second-order valence-corrected chi connectivity index (χ2v) is 3.62. The van der Waals surface area contributed by atoms with Gasteiger partial charge in [-0.05, 0) is 20.8 Å². The van der Waals surface area contributed by atoms with Crippen LogP contribution in [-0.4, -0.2) is 28.8 Å². The molecule has 0 aliphatic heterocycles. The first kappa shape index (κ1) is 15.3. The van der Waals surface area contributed by atoms with Crippen molar-refractivity contribution in [3.63, 3.8) is 0 Å². The van der Waals surface area contributed by atoms with Gasteiger partial charge in [0, 0.05) is 18.8 Å². The summed E-state index contributed by atoms with van der Waals surface area (Å²) in [5.74, 6) is 1.39. The van der Waals surface area contributed by atoms with Crippen molar-refractivity contribution in [1.82, 2.24) is 9.97 Å². The van der Waals surface area contributed by atoms with Crippen LogP contribution in [0.3, 0.4) is 0 Å². The van der Waals surface area contributed by atoms with Crippen LogP contribution < -0.4 is 10.6 Å². The molecule has 0 aliphatic carbocycles. The van der Waals surface area contributed by atoms with Gasteiger partial charge in [-0.1, -0.05) is 13.8 Å². The van der Waals surface area contributed by atoms with Crippen LogP contribution in [0.4, 0.5) is 11.6 Å². The van der Waals surface area contributed by atoms with Crippen LogP contribution in [-0.2, 0) is 0 Å². The van der Waals surface area contributed by atoms with Gasteiger partial charge >= 0.3 is 0 Å². The van der Waals surface area contributed by atoms with E-state index in [4.69, 9.17) is 5.41 Å². The summed E-state index contributed by atoms with van der Waals surface area (Å²) < 4.78 is 0. The van der Waals surface area contributed by atoms with E-state index in [0.29, 0.717) is 17.3 Å². The molecular weight excluding hydrogens is 214 g/mol. The fourth-order valence-electron chi connectivity index (χ4n) is 1.31. The number of hydrogen-bond donors (Lipinski definition) is 3. The van der Waals surface area contributed by atoms with E-state index < -0.39 is 0 Å². The molecule has 0 unspecified atom stereocenters. The van der Waals surface area contributed by atoms with Crippen LogP contribution in [0.1, 0.15) is 40.2 Å². The van der Waals surface area contributed by atoms with Gasteiger partial charge in [-0.2, -0.15) is 0 Å². The van der Waals surface area contributed by atoms with Crippen LogP contribution in [0.25, 0.3) is 0 Å².